The average molecular weight is 446 g/mol. The van der Waals surface area contributed by atoms with Gasteiger partial charge in [0.2, 0.25) is 0 Å². The third-order valence-corrected chi connectivity index (χ3v) is 6.38. The number of hydrogen-bond donors (Lipinski definition) is 3. The van der Waals surface area contributed by atoms with Crippen molar-refractivity contribution in [3.63, 3.8) is 0 Å². The second-order valence-electron chi connectivity index (χ2n) is 8.71. The van der Waals surface area contributed by atoms with Crippen molar-refractivity contribution in [2.75, 3.05) is 26.2 Å². The average Bonchev–Trinajstić information content (AvgIpc) is 3.25. The third-order valence-electron chi connectivity index (χ3n) is 6.38. The van der Waals surface area contributed by atoms with E-state index in [1.54, 1.807) is 0 Å². The Labute approximate surface area is 191 Å². The van der Waals surface area contributed by atoms with Crippen LogP contribution in [0, 0.1) is 5.92 Å². The molecule has 1 unspecified atom stereocenters. The maximum Gasteiger partial charge on any atom is 0.307 e. The van der Waals surface area contributed by atoms with Crippen molar-refractivity contribution < 1.29 is 14.6 Å². The number of aromatic nitrogens is 2. The Morgan fingerprint density at radius 2 is 1.91 bits per heavy atom. The number of hydrogen-bond acceptors (Lipinski definition) is 4. The van der Waals surface area contributed by atoms with Crippen LogP contribution in [0.2, 0.25) is 0 Å². The summed E-state index contributed by atoms with van der Waals surface area (Å²) in [6.45, 7) is 2.99. The summed E-state index contributed by atoms with van der Waals surface area (Å²) in [4.78, 5) is 32.3. The van der Waals surface area contributed by atoms with Gasteiger partial charge in [-0.15, -0.1) is 0 Å². The van der Waals surface area contributed by atoms with Crippen LogP contribution in [-0.4, -0.2) is 52.2 Å². The van der Waals surface area contributed by atoms with Crippen LogP contribution >= 0.6 is 0 Å². The Balaban J connectivity index is 1.24. The summed E-state index contributed by atoms with van der Waals surface area (Å²) in [7, 11) is 0. The lowest BCUT2D eigenvalue weighted by Crippen LogP contribution is -2.39. The number of nitrogens with zero attached hydrogens (tertiary/aromatic N) is 1. The molecule has 2 aromatic heterocycles. The van der Waals surface area contributed by atoms with E-state index in [9.17, 15) is 14.7 Å². The second kappa shape index (κ2) is 9.11. The van der Waals surface area contributed by atoms with Gasteiger partial charge in [-0.2, -0.15) is 0 Å². The highest BCUT2D eigenvalue weighted by atomic mass is 16.5. The SMILES string of the molecule is O=C(O)C1CCCN(CCCOc2ccc3[nH]c(-c4cc5ccccc5[nH]c4=O)cc3c2)C1. The Hall–Kier alpha value is -3.58. The summed E-state index contributed by atoms with van der Waals surface area (Å²) in [5, 5.41) is 11.2. The number of para-hydroxylation sites is 1. The number of benzene rings is 2. The van der Waals surface area contributed by atoms with Gasteiger partial charge in [0.1, 0.15) is 5.75 Å². The van der Waals surface area contributed by atoms with E-state index < -0.39 is 5.97 Å². The van der Waals surface area contributed by atoms with Gasteiger partial charge >= 0.3 is 5.97 Å². The molecule has 3 N–H and O–H groups in total. The standard InChI is InChI=1S/C26H27N3O4/c30-25-21(14-17-5-1-2-7-22(17)28-25)24-15-19-13-20(8-9-23(19)27-24)33-12-4-11-29-10-3-6-18(16-29)26(31)32/h1-2,5,7-9,13-15,18,27H,3-4,6,10-12,16H2,(H,28,30)(H,31,32). The number of aliphatic carboxylic acids is 1. The first-order chi connectivity index (χ1) is 16.1. The van der Waals surface area contributed by atoms with E-state index in [1.807, 2.05) is 54.6 Å². The zero-order valence-corrected chi connectivity index (χ0v) is 18.3. The topological polar surface area (TPSA) is 98.4 Å². The molecule has 0 aliphatic carbocycles. The van der Waals surface area contributed by atoms with Crippen LogP contribution in [0.4, 0.5) is 0 Å². The Morgan fingerprint density at radius 3 is 2.79 bits per heavy atom. The van der Waals surface area contributed by atoms with E-state index >= 15 is 0 Å². The molecule has 0 bridgehead atoms. The molecule has 0 amide bonds. The first kappa shape index (κ1) is 21.3. The minimum Gasteiger partial charge on any atom is -0.494 e. The number of aromatic amines is 2. The number of H-pyrrole nitrogens is 2. The number of ether oxygens (including phenoxy) is 1. The predicted molar refractivity (Wildman–Crippen MR) is 129 cm³/mol. The van der Waals surface area contributed by atoms with E-state index in [2.05, 4.69) is 14.9 Å². The fourth-order valence-electron chi connectivity index (χ4n) is 4.63. The smallest absolute Gasteiger partial charge is 0.307 e. The summed E-state index contributed by atoms with van der Waals surface area (Å²) in [6, 6.07) is 17.5. The van der Waals surface area contributed by atoms with Crippen LogP contribution in [0.1, 0.15) is 19.3 Å². The summed E-state index contributed by atoms with van der Waals surface area (Å²) in [5.74, 6) is -0.164. The normalized spacial score (nSPS) is 16.9. The highest BCUT2D eigenvalue weighted by Crippen LogP contribution is 2.27. The molecule has 33 heavy (non-hydrogen) atoms. The molecule has 1 atom stereocenters. The van der Waals surface area contributed by atoms with E-state index in [-0.39, 0.29) is 11.5 Å². The number of carboxylic acid groups (broad SMARTS) is 1. The van der Waals surface area contributed by atoms with Crippen molar-refractivity contribution in [2.24, 2.45) is 5.92 Å². The Bertz CT molecular complexity index is 1360. The van der Waals surface area contributed by atoms with Gasteiger partial charge < -0.3 is 24.7 Å². The number of rotatable bonds is 7. The minimum absolute atomic E-state index is 0.125. The van der Waals surface area contributed by atoms with Crippen molar-refractivity contribution in [3.05, 3.63) is 65.0 Å². The van der Waals surface area contributed by atoms with E-state index in [0.29, 0.717) is 18.7 Å². The number of fused-ring (bicyclic) bond motifs is 2. The Kier molecular flexibility index (Phi) is 5.88. The maximum atomic E-state index is 12.6. The van der Waals surface area contributed by atoms with Gasteiger partial charge in [-0.25, -0.2) is 0 Å². The van der Waals surface area contributed by atoms with E-state index in [4.69, 9.17) is 4.74 Å². The number of likely N-dealkylation sites (tertiary alicyclic amines) is 1. The van der Waals surface area contributed by atoms with Crippen molar-refractivity contribution in [3.8, 4) is 17.0 Å². The molecule has 3 heterocycles. The highest BCUT2D eigenvalue weighted by Gasteiger charge is 2.24. The monoisotopic (exact) mass is 445 g/mol. The van der Waals surface area contributed by atoms with Gasteiger partial charge in [0, 0.05) is 29.5 Å². The zero-order chi connectivity index (χ0) is 22.8. The number of carboxylic acids is 1. The van der Waals surface area contributed by atoms with Gasteiger partial charge in [0.05, 0.1) is 23.8 Å². The fourth-order valence-corrected chi connectivity index (χ4v) is 4.63. The number of nitrogens with one attached hydrogen (secondary N) is 2. The van der Waals surface area contributed by atoms with Crippen LogP contribution in [0.15, 0.2) is 59.4 Å². The lowest BCUT2D eigenvalue weighted by molar-refractivity contribution is -0.143. The molecule has 0 saturated carbocycles. The Morgan fingerprint density at radius 1 is 1.06 bits per heavy atom. The predicted octanol–water partition coefficient (Wildman–Crippen LogP) is 4.24. The maximum absolute atomic E-state index is 12.6. The molecule has 1 aliphatic heterocycles. The van der Waals surface area contributed by atoms with Crippen LogP contribution in [0.3, 0.4) is 0 Å². The largest absolute Gasteiger partial charge is 0.494 e. The number of carbonyl (C=O) groups is 1. The summed E-state index contributed by atoms with van der Waals surface area (Å²) in [6.07, 6.45) is 2.55. The van der Waals surface area contributed by atoms with Gasteiger partial charge in [-0.05, 0) is 67.6 Å². The lowest BCUT2D eigenvalue weighted by Gasteiger charge is -2.30. The molecule has 0 radical (unpaired) electrons. The summed E-state index contributed by atoms with van der Waals surface area (Å²) in [5.41, 5.74) is 3.01. The third kappa shape index (κ3) is 4.64. The second-order valence-corrected chi connectivity index (χ2v) is 8.71. The molecule has 170 valence electrons. The van der Waals surface area contributed by atoms with Crippen LogP contribution < -0.4 is 10.3 Å². The molecule has 2 aromatic carbocycles. The van der Waals surface area contributed by atoms with Crippen LogP contribution in [0.5, 0.6) is 5.75 Å². The molecule has 1 fully saturated rings. The van der Waals surface area contributed by atoms with E-state index in [0.717, 1.165) is 65.6 Å². The van der Waals surface area contributed by atoms with Gasteiger partial charge in [-0.1, -0.05) is 18.2 Å². The number of pyridine rings is 1. The van der Waals surface area contributed by atoms with Crippen molar-refractivity contribution in [1.82, 2.24) is 14.9 Å². The van der Waals surface area contributed by atoms with Gasteiger partial charge in [-0.3, -0.25) is 9.59 Å². The molecule has 1 saturated heterocycles. The highest BCUT2D eigenvalue weighted by molar-refractivity contribution is 5.89. The van der Waals surface area contributed by atoms with Crippen LogP contribution in [0.25, 0.3) is 33.1 Å². The number of piperidine rings is 1. The summed E-state index contributed by atoms with van der Waals surface area (Å²) >= 11 is 0. The molecule has 5 rings (SSSR count). The molecule has 7 heteroatoms. The zero-order valence-electron chi connectivity index (χ0n) is 18.3. The molecule has 0 spiro atoms. The molecular formula is C26H27N3O4. The lowest BCUT2D eigenvalue weighted by atomic mass is 9.98. The first-order valence-electron chi connectivity index (χ1n) is 11.4. The molecule has 1 aliphatic rings. The fraction of sp³-hybridized carbons (Fsp3) is 0.308. The minimum atomic E-state index is -0.694. The molecule has 4 aromatic rings. The summed E-state index contributed by atoms with van der Waals surface area (Å²) < 4.78 is 5.95. The van der Waals surface area contributed by atoms with Gasteiger partial charge in [0.15, 0.2) is 0 Å². The quantitative estimate of drug-likeness (QED) is 0.370. The first-order valence-corrected chi connectivity index (χ1v) is 11.4. The van der Waals surface area contributed by atoms with E-state index in [1.165, 1.54) is 0 Å². The van der Waals surface area contributed by atoms with Crippen molar-refractivity contribution in [1.29, 1.82) is 0 Å². The van der Waals surface area contributed by atoms with Crippen molar-refractivity contribution >= 4 is 27.8 Å². The van der Waals surface area contributed by atoms with Crippen LogP contribution in [-0.2, 0) is 4.79 Å². The van der Waals surface area contributed by atoms with Crippen molar-refractivity contribution in [2.45, 2.75) is 19.3 Å². The molecular weight excluding hydrogens is 418 g/mol. The molecule has 7 nitrogen and oxygen atoms in total. The van der Waals surface area contributed by atoms with Gasteiger partial charge in [0.25, 0.3) is 5.56 Å².